The van der Waals surface area contributed by atoms with Gasteiger partial charge in [0.05, 0.1) is 10.6 Å². The van der Waals surface area contributed by atoms with Crippen LogP contribution in [0.3, 0.4) is 0 Å². The summed E-state index contributed by atoms with van der Waals surface area (Å²) in [6, 6.07) is 10.4. The van der Waals surface area contributed by atoms with Crippen LogP contribution in [0.2, 0.25) is 5.02 Å². The number of alkyl halides is 3. The van der Waals surface area contributed by atoms with E-state index in [0.29, 0.717) is 23.8 Å². The molecule has 1 aromatic heterocycles. The molecule has 1 amide bonds. The second-order valence-corrected chi connectivity index (χ2v) is 8.21. The lowest BCUT2D eigenvalue weighted by Gasteiger charge is -2.18. The molecule has 1 aliphatic heterocycles. The van der Waals surface area contributed by atoms with Crippen LogP contribution >= 0.6 is 35.6 Å². The van der Waals surface area contributed by atoms with Crippen LogP contribution in [0.5, 0.6) is 5.75 Å². The Labute approximate surface area is 202 Å². The van der Waals surface area contributed by atoms with Crippen molar-refractivity contribution >= 4 is 52.3 Å². The first-order chi connectivity index (χ1) is 14.7. The third-order valence-electron chi connectivity index (χ3n) is 4.31. The molecule has 0 saturated carbocycles. The molecule has 1 fully saturated rings. The highest BCUT2D eigenvalue weighted by Gasteiger charge is 2.37. The minimum absolute atomic E-state index is 0. The van der Waals surface area contributed by atoms with E-state index < -0.39 is 22.9 Å². The molecule has 0 aliphatic carbocycles. The molecule has 180 valence electrons. The van der Waals surface area contributed by atoms with E-state index in [4.69, 9.17) is 22.1 Å². The molecule has 13 heteroatoms. The molecule has 1 aliphatic rings. The zero-order valence-corrected chi connectivity index (χ0v) is 19.3. The number of aromatic nitrogens is 1. The summed E-state index contributed by atoms with van der Waals surface area (Å²) >= 11 is 11.4. The average molecular weight is 524 g/mol. The van der Waals surface area contributed by atoms with E-state index in [9.17, 15) is 18.0 Å². The van der Waals surface area contributed by atoms with Gasteiger partial charge in [-0.2, -0.15) is 13.2 Å². The van der Waals surface area contributed by atoms with Crippen molar-refractivity contribution in [3.05, 3.63) is 64.6 Å². The highest BCUT2D eigenvalue weighted by atomic mass is 35.5. The summed E-state index contributed by atoms with van der Waals surface area (Å²) in [4.78, 5) is 18.5. The van der Waals surface area contributed by atoms with Crippen molar-refractivity contribution in [1.29, 1.82) is 0 Å². The van der Waals surface area contributed by atoms with E-state index >= 15 is 0 Å². The van der Waals surface area contributed by atoms with Gasteiger partial charge in [-0.05, 0) is 36.4 Å². The van der Waals surface area contributed by atoms with Crippen molar-refractivity contribution in [2.75, 3.05) is 17.2 Å². The SMILES string of the molecule is Nc1nccs1.O.O.O=C1C(Oc2cccc(C(F)(F)F)c2Cl)CCN1c1ccc(S)cc1. The summed E-state index contributed by atoms with van der Waals surface area (Å²) in [5, 5.41) is 1.94. The molecule has 2 aromatic carbocycles. The predicted octanol–water partition coefficient (Wildman–Crippen LogP) is 3.91. The normalized spacial score (nSPS) is 15.1. The van der Waals surface area contributed by atoms with Gasteiger partial charge in [0.15, 0.2) is 11.2 Å². The second-order valence-electron chi connectivity index (χ2n) is 6.39. The summed E-state index contributed by atoms with van der Waals surface area (Å²) in [5.41, 5.74) is 4.88. The number of hydrogen-bond donors (Lipinski definition) is 2. The van der Waals surface area contributed by atoms with Crippen LogP contribution in [0.4, 0.5) is 24.0 Å². The van der Waals surface area contributed by atoms with Gasteiger partial charge in [0, 0.05) is 35.1 Å². The molecule has 4 rings (SSSR count). The Morgan fingerprint density at radius 1 is 1.18 bits per heavy atom. The Hall–Kier alpha value is -2.51. The molecular formula is C20H21ClF3N3O4S2. The number of thiazole rings is 1. The number of anilines is 2. The van der Waals surface area contributed by atoms with Gasteiger partial charge >= 0.3 is 6.18 Å². The van der Waals surface area contributed by atoms with Crippen LogP contribution < -0.4 is 15.4 Å². The minimum atomic E-state index is -4.59. The summed E-state index contributed by atoms with van der Waals surface area (Å²) in [6.07, 6.45) is -3.43. The highest BCUT2D eigenvalue weighted by molar-refractivity contribution is 7.80. The molecule has 3 aromatic rings. The number of nitrogen functional groups attached to an aromatic ring is 1. The second kappa shape index (κ2) is 12.1. The molecule has 33 heavy (non-hydrogen) atoms. The number of carbonyl (C=O) groups is 1. The minimum Gasteiger partial charge on any atom is -0.479 e. The largest absolute Gasteiger partial charge is 0.479 e. The lowest BCUT2D eigenvalue weighted by atomic mass is 10.2. The number of amides is 1. The molecule has 1 atom stereocenters. The third kappa shape index (κ3) is 7.24. The van der Waals surface area contributed by atoms with Gasteiger partial charge in [0.2, 0.25) is 0 Å². The maximum atomic E-state index is 12.9. The molecule has 0 bridgehead atoms. The van der Waals surface area contributed by atoms with Crippen LogP contribution in [0.25, 0.3) is 0 Å². The first-order valence-corrected chi connectivity index (χ1v) is 10.6. The molecule has 6 N–H and O–H groups in total. The van der Waals surface area contributed by atoms with E-state index in [2.05, 4.69) is 17.6 Å². The Morgan fingerprint density at radius 3 is 2.36 bits per heavy atom. The van der Waals surface area contributed by atoms with Crippen molar-refractivity contribution in [2.45, 2.75) is 23.6 Å². The van der Waals surface area contributed by atoms with Gasteiger partial charge in [0.25, 0.3) is 5.91 Å². The number of nitrogens with zero attached hydrogens (tertiary/aromatic N) is 2. The van der Waals surface area contributed by atoms with Crippen molar-refractivity contribution in [3.63, 3.8) is 0 Å². The molecular weight excluding hydrogens is 503 g/mol. The van der Waals surface area contributed by atoms with Gasteiger partial charge in [-0.1, -0.05) is 17.7 Å². The fourth-order valence-electron chi connectivity index (χ4n) is 2.86. The van der Waals surface area contributed by atoms with E-state index in [-0.39, 0.29) is 22.6 Å². The lowest BCUT2D eigenvalue weighted by Crippen LogP contribution is -2.32. The number of halogens is 4. The summed E-state index contributed by atoms with van der Waals surface area (Å²) in [7, 11) is 0. The highest BCUT2D eigenvalue weighted by Crippen LogP contribution is 2.40. The van der Waals surface area contributed by atoms with Crippen LogP contribution in [0, 0.1) is 0 Å². The van der Waals surface area contributed by atoms with E-state index in [1.54, 1.807) is 30.5 Å². The van der Waals surface area contributed by atoms with Gasteiger partial charge in [0.1, 0.15) is 5.75 Å². The van der Waals surface area contributed by atoms with Crippen molar-refractivity contribution in [1.82, 2.24) is 4.98 Å². The predicted molar refractivity (Wildman–Crippen MR) is 125 cm³/mol. The van der Waals surface area contributed by atoms with Gasteiger partial charge in [-0.3, -0.25) is 4.79 Å². The Balaban J connectivity index is 0.000000594. The number of thiol groups is 1. The van der Waals surface area contributed by atoms with Crippen molar-refractivity contribution < 1.29 is 33.7 Å². The molecule has 0 radical (unpaired) electrons. The summed E-state index contributed by atoms with van der Waals surface area (Å²) in [6.45, 7) is 0.409. The topological polar surface area (TPSA) is 131 Å². The van der Waals surface area contributed by atoms with Crippen LogP contribution in [-0.4, -0.2) is 34.5 Å². The van der Waals surface area contributed by atoms with Crippen LogP contribution in [0.15, 0.2) is 58.9 Å². The maximum absolute atomic E-state index is 12.9. The first-order valence-electron chi connectivity index (χ1n) is 8.94. The van der Waals surface area contributed by atoms with E-state index in [1.807, 2.05) is 5.38 Å². The number of rotatable bonds is 3. The van der Waals surface area contributed by atoms with Crippen molar-refractivity contribution in [2.24, 2.45) is 0 Å². The fraction of sp³-hybridized carbons (Fsp3) is 0.200. The number of carbonyl (C=O) groups excluding carboxylic acids is 1. The summed E-state index contributed by atoms with van der Waals surface area (Å²) in [5.74, 6) is -0.470. The lowest BCUT2D eigenvalue weighted by molar-refractivity contribution is -0.137. The van der Waals surface area contributed by atoms with Crippen molar-refractivity contribution in [3.8, 4) is 5.75 Å². The van der Waals surface area contributed by atoms with E-state index in [1.165, 1.54) is 28.4 Å². The standard InChI is InChI=1S/C17H13ClF3NO2S.C3H4N2S.2H2O/c18-15-12(17(19,20)21)2-1-3-13(15)24-14-8-9-22(16(14)23)10-4-6-11(25)7-5-10;4-3-5-1-2-6-3;;/h1-7,14,25H,8-9H2;1-2H,(H2,4,5);2*1H2. The number of nitrogens with two attached hydrogens (primary N) is 1. The molecule has 1 unspecified atom stereocenters. The third-order valence-corrected chi connectivity index (χ3v) is 5.60. The quantitative estimate of drug-likeness (QED) is 0.504. The summed E-state index contributed by atoms with van der Waals surface area (Å²) < 4.78 is 44.2. The molecule has 1 saturated heterocycles. The Morgan fingerprint density at radius 2 is 1.85 bits per heavy atom. The van der Waals surface area contributed by atoms with E-state index in [0.717, 1.165) is 11.0 Å². The molecule has 2 heterocycles. The fourth-order valence-corrected chi connectivity index (χ4v) is 3.67. The Kier molecular flexibility index (Phi) is 10.5. The zero-order chi connectivity index (χ0) is 22.6. The smallest absolute Gasteiger partial charge is 0.417 e. The molecule has 7 nitrogen and oxygen atoms in total. The maximum Gasteiger partial charge on any atom is 0.417 e. The van der Waals surface area contributed by atoms with Crippen LogP contribution in [0.1, 0.15) is 12.0 Å². The van der Waals surface area contributed by atoms with Crippen LogP contribution in [-0.2, 0) is 11.0 Å². The average Bonchev–Trinajstić information content (AvgIpc) is 3.33. The number of ether oxygens (including phenoxy) is 1. The van der Waals surface area contributed by atoms with Gasteiger partial charge < -0.3 is 26.3 Å². The van der Waals surface area contributed by atoms with Gasteiger partial charge in [-0.25, -0.2) is 4.98 Å². The number of hydrogen-bond acceptors (Lipinski definition) is 6. The zero-order valence-electron chi connectivity index (χ0n) is 16.8. The first kappa shape index (κ1) is 28.5. The monoisotopic (exact) mass is 523 g/mol. The van der Waals surface area contributed by atoms with Gasteiger partial charge in [-0.15, -0.1) is 24.0 Å². The Bertz CT molecular complexity index is 1040. The number of benzene rings is 2. The molecule has 0 spiro atoms.